The summed E-state index contributed by atoms with van der Waals surface area (Å²) in [4.78, 5) is 13.4. The van der Waals surface area contributed by atoms with Crippen molar-refractivity contribution in [1.29, 1.82) is 0 Å². The van der Waals surface area contributed by atoms with Crippen LogP contribution in [0.5, 0.6) is 0 Å². The highest BCUT2D eigenvalue weighted by Gasteiger charge is 2.28. The maximum absolute atomic E-state index is 12.1. The number of rotatable bonds is 3. The molecular weight excluding hydrogens is 230 g/mol. The standard InChI is InChI=1S/C14H19NOS/c1-9(2)10(3)15-14(16)13-8-11-6-4-5-7-12(11)17-13/h4-7,9-10,13H,8H2,1-3H3,(H,15,16). The minimum atomic E-state index is 0.0496. The molecule has 0 saturated carbocycles. The molecule has 0 bridgehead atoms. The molecule has 1 aromatic carbocycles. The third-order valence-corrected chi connectivity index (χ3v) is 4.63. The Morgan fingerprint density at radius 3 is 2.71 bits per heavy atom. The number of benzene rings is 1. The van der Waals surface area contributed by atoms with Crippen LogP contribution in [0.25, 0.3) is 0 Å². The maximum Gasteiger partial charge on any atom is 0.234 e. The van der Waals surface area contributed by atoms with Gasteiger partial charge in [-0.1, -0.05) is 32.0 Å². The molecule has 1 aliphatic rings. The normalized spacial score (nSPS) is 20.1. The van der Waals surface area contributed by atoms with Crippen molar-refractivity contribution in [3.63, 3.8) is 0 Å². The Balaban J connectivity index is 1.97. The minimum absolute atomic E-state index is 0.0496. The quantitative estimate of drug-likeness (QED) is 0.892. The van der Waals surface area contributed by atoms with Crippen molar-refractivity contribution in [3.8, 4) is 0 Å². The van der Waals surface area contributed by atoms with Crippen LogP contribution in [0.4, 0.5) is 0 Å². The molecule has 2 atom stereocenters. The lowest BCUT2D eigenvalue weighted by Crippen LogP contribution is -2.41. The monoisotopic (exact) mass is 249 g/mol. The van der Waals surface area contributed by atoms with Crippen LogP contribution in [0, 0.1) is 5.92 Å². The Morgan fingerprint density at radius 1 is 1.35 bits per heavy atom. The second-order valence-corrected chi connectivity index (χ2v) is 6.20. The minimum Gasteiger partial charge on any atom is -0.352 e. The van der Waals surface area contributed by atoms with E-state index < -0.39 is 0 Å². The van der Waals surface area contributed by atoms with Gasteiger partial charge in [-0.25, -0.2) is 0 Å². The first-order valence-corrected chi connectivity index (χ1v) is 7.01. The first kappa shape index (κ1) is 12.5. The summed E-state index contributed by atoms with van der Waals surface area (Å²) in [5.74, 6) is 0.653. The van der Waals surface area contributed by atoms with E-state index in [0.29, 0.717) is 5.92 Å². The summed E-state index contributed by atoms with van der Waals surface area (Å²) >= 11 is 1.69. The highest BCUT2D eigenvalue weighted by Crippen LogP contribution is 2.36. The van der Waals surface area contributed by atoms with Gasteiger partial charge in [-0.3, -0.25) is 4.79 Å². The number of thioether (sulfide) groups is 1. The van der Waals surface area contributed by atoms with Crippen LogP contribution in [0.3, 0.4) is 0 Å². The van der Waals surface area contributed by atoms with Crippen molar-refractivity contribution in [3.05, 3.63) is 29.8 Å². The Hall–Kier alpha value is -0.960. The number of hydrogen-bond acceptors (Lipinski definition) is 2. The fourth-order valence-electron chi connectivity index (χ4n) is 1.81. The Kier molecular flexibility index (Phi) is 3.77. The van der Waals surface area contributed by atoms with Crippen molar-refractivity contribution < 1.29 is 4.79 Å². The van der Waals surface area contributed by atoms with Crippen LogP contribution in [0.1, 0.15) is 26.3 Å². The van der Waals surface area contributed by atoms with E-state index in [1.807, 2.05) is 12.1 Å². The molecule has 2 nitrogen and oxygen atoms in total. The average molecular weight is 249 g/mol. The van der Waals surface area contributed by atoms with Gasteiger partial charge in [-0.05, 0) is 30.9 Å². The van der Waals surface area contributed by atoms with Crippen molar-refractivity contribution in [2.24, 2.45) is 5.92 Å². The highest BCUT2D eigenvalue weighted by molar-refractivity contribution is 8.01. The van der Waals surface area contributed by atoms with Crippen LogP contribution < -0.4 is 5.32 Å². The van der Waals surface area contributed by atoms with Crippen molar-refractivity contribution in [2.45, 2.75) is 43.4 Å². The number of nitrogens with one attached hydrogen (secondary N) is 1. The van der Waals surface area contributed by atoms with Gasteiger partial charge in [0.25, 0.3) is 0 Å². The maximum atomic E-state index is 12.1. The van der Waals surface area contributed by atoms with E-state index >= 15 is 0 Å². The fraction of sp³-hybridized carbons (Fsp3) is 0.500. The summed E-state index contributed by atoms with van der Waals surface area (Å²) in [6, 6.07) is 8.52. The molecule has 0 saturated heterocycles. The highest BCUT2D eigenvalue weighted by atomic mass is 32.2. The van der Waals surface area contributed by atoms with Crippen molar-refractivity contribution in [2.75, 3.05) is 0 Å². The number of hydrogen-bond donors (Lipinski definition) is 1. The van der Waals surface area contributed by atoms with Gasteiger partial charge in [0.15, 0.2) is 0 Å². The predicted octanol–water partition coefficient (Wildman–Crippen LogP) is 2.86. The van der Waals surface area contributed by atoms with Crippen LogP contribution in [0.15, 0.2) is 29.2 Å². The summed E-state index contributed by atoms with van der Waals surface area (Å²) < 4.78 is 0. The van der Waals surface area contributed by atoms with E-state index in [4.69, 9.17) is 0 Å². The van der Waals surface area contributed by atoms with Gasteiger partial charge in [0, 0.05) is 10.9 Å². The summed E-state index contributed by atoms with van der Waals surface area (Å²) in [5, 5.41) is 3.15. The van der Waals surface area contributed by atoms with Gasteiger partial charge in [0.1, 0.15) is 0 Å². The van der Waals surface area contributed by atoms with Crippen LogP contribution in [0.2, 0.25) is 0 Å². The molecule has 0 aromatic heterocycles. The van der Waals surface area contributed by atoms with E-state index in [1.165, 1.54) is 10.5 Å². The summed E-state index contributed by atoms with van der Waals surface area (Å²) in [5.41, 5.74) is 1.30. The molecule has 1 amide bonds. The third-order valence-electron chi connectivity index (χ3n) is 3.31. The number of carbonyl (C=O) groups excluding carboxylic acids is 1. The summed E-state index contributed by atoms with van der Waals surface area (Å²) in [6.45, 7) is 6.32. The zero-order valence-corrected chi connectivity index (χ0v) is 11.4. The second-order valence-electron chi connectivity index (χ2n) is 4.96. The lowest BCUT2D eigenvalue weighted by Gasteiger charge is -2.19. The first-order chi connectivity index (χ1) is 8.08. The topological polar surface area (TPSA) is 29.1 Å². The van der Waals surface area contributed by atoms with E-state index in [-0.39, 0.29) is 17.2 Å². The zero-order chi connectivity index (χ0) is 12.4. The molecule has 1 N–H and O–H groups in total. The van der Waals surface area contributed by atoms with Crippen LogP contribution >= 0.6 is 11.8 Å². The van der Waals surface area contributed by atoms with E-state index in [2.05, 4.69) is 38.2 Å². The average Bonchev–Trinajstić information content (AvgIpc) is 2.72. The Labute approximate surface area is 107 Å². The Morgan fingerprint density at radius 2 is 2.06 bits per heavy atom. The molecule has 1 aromatic rings. The molecule has 0 radical (unpaired) electrons. The van der Waals surface area contributed by atoms with E-state index in [9.17, 15) is 4.79 Å². The SMILES string of the molecule is CC(C)C(C)NC(=O)C1Cc2ccccc2S1. The second kappa shape index (κ2) is 5.13. The smallest absolute Gasteiger partial charge is 0.234 e. The summed E-state index contributed by atoms with van der Waals surface area (Å²) in [6.07, 6.45) is 0.859. The molecule has 3 heteroatoms. The van der Waals surface area contributed by atoms with Crippen LogP contribution in [-0.2, 0) is 11.2 Å². The molecule has 0 fully saturated rings. The number of amides is 1. The molecule has 0 spiro atoms. The Bertz CT molecular complexity index is 391. The molecule has 1 heterocycles. The van der Waals surface area contributed by atoms with Crippen molar-refractivity contribution in [1.82, 2.24) is 5.32 Å². The third kappa shape index (κ3) is 2.83. The molecule has 2 rings (SSSR count). The van der Waals surface area contributed by atoms with E-state index in [1.54, 1.807) is 11.8 Å². The molecular formula is C14H19NOS. The van der Waals surface area contributed by atoms with Crippen LogP contribution in [-0.4, -0.2) is 17.2 Å². The van der Waals surface area contributed by atoms with Gasteiger partial charge in [-0.15, -0.1) is 11.8 Å². The molecule has 2 unspecified atom stereocenters. The summed E-state index contributed by atoms with van der Waals surface area (Å²) in [7, 11) is 0. The fourth-order valence-corrected chi connectivity index (χ4v) is 3.02. The van der Waals surface area contributed by atoms with Gasteiger partial charge < -0.3 is 5.32 Å². The number of carbonyl (C=O) groups is 1. The molecule has 92 valence electrons. The lowest BCUT2D eigenvalue weighted by atomic mass is 10.1. The number of fused-ring (bicyclic) bond motifs is 1. The van der Waals surface area contributed by atoms with Gasteiger partial charge in [-0.2, -0.15) is 0 Å². The predicted molar refractivity (Wildman–Crippen MR) is 72.2 cm³/mol. The first-order valence-electron chi connectivity index (χ1n) is 6.13. The zero-order valence-electron chi connectivity index (χ0n) is 10.6. The molecule has 17 heavy (non-hydrogen) atoms. The largest absolute Gasteiger partial charge is 0.352 e. The molecule has 1 aliphatic heterocycles. The van der Waals surface area contributed by atoms with Gasteiger partial charge >= 0.3 is 0 Å². The lowest BCUT2D eigenvalue weighted by molar-refractivity contribution is -0.121. The van der Waals surface area contributed by atoms with Gasteiger partial charge in [0.2, 0.25) is 5.91 Å². The van der Waals surface area contributed by atoms with Crippen molar-refractivity contribution >= 4 is 17.7 Å². The van der Waals surface area contributed by atoms with E-state index in [0.717, 1.165) is 6.42 Å². The van der Waals surface area contributed by atoms with Gasteiger partial charge in [0.05, 0.1) is 5.25 Å². The molecule has 0 aliphatic carbocycles.